The number of rotatable bonds is 5. The maximum absolute atomic E-state index is 13.0. The summed E-state index contributed by atoms with van der Waals surface area (Å²) >= 11 is 0. The second kappa shape index (κ2) is 6.28. The molecule has 0 aliphatic heterocycles. The van der Waals surface area contributed by atoms with E-state index in [1.54, 1.807) is 7.05 Å². The minimum atomic E-state index is -0.725. The fraction of sp³-hybridized carbons (Fsp3) is 0.500. The van der Waals surface area contributed by atoms with Gasteiger partial charge in [-0.2, -0.15) is 0 Å². The number of aliphatic hydroxyl groups is 1. The van der Waals surface area contributed by atoms with Crippen molar-refractivity contribution in [2.45, 2.75) is 18.9 Å². The summed E-state index contributed by atoms with van der Waals surface area (Å²) in [6, 6.07) is 2.90. The zero-order chi connectivity index (χ0) is 14.7. The third-order valence-electron chi connectivity index (χ3n) is 3.34. The van der Waals surface area contributed by atoms with Crippen molar-refractivity contribution in [3.05, 3.63) is 29.8 Å². The number of halogens is 2. The molecule has 1 aromatic carbocycles. The van der Waals surface area contributed by atoms with Crippen LogP contribution in [0, 0.1) is 17.6 Å². The number of hydrogen-bond acceptors (Lipinski definition) is 3. The first-order valence-electron chi connectivity index (χ1n) is 6.55. The lowest BCUT2D eigenvalue weighted by atomic mass is 9.82. The molecule has 0 unspecified atom stereocenters. The van der Waals surface area contributed by atoms with Gasteiger partial charge in [-0.1, -0.05) is 0 Å². The van der Waals surface area contributed by atoms with E-state index in [1.165, 1.54) is 0 Å². The van der Waals surface area contributed by atoms with Gasteiger partial charge >= 0.3 is 0 Å². The lowest BCUT2D eigenvalue weighted by Crippen LogP contribution is -2.39. The number of carbonyl (C=O) groups excluding carboxylic acids is 1. The summed E-state index contributed by atoms with van der Waals surface area (Å²) in [5.74, 6) is -1.36. The van der Waals surface area contributed by atoms with E-state index in [0.29, 0.717) is 5.92 Å². The van der Waals surface area contributed by atoms with Gasteiger partial charge < -0.3 is 10.4 Å². The SMILES string of the molecule is CN(CC(=O)Nc1cc(F)cc(F)c1)CC1CC(O)C1. The Morgan fingerprint density at radius 2 is 1.95 bits per heavy atom. The number of likely N-dealkylation sites (N-methyl/N-ethyl adjacent to an activating group) is 1. The highest BCUT2D eigenvalue weighted by Crippen LogP contribution is 2.27. The molecule has 2 N–H and O–H groups in total. The van der Waals surface area contributed by atoms with Crippen LogP contribution in [0.4, 0.5) is 14.5 Å². The molecule has 1 saturated carbocycles. The number of carbonyl (C=O) groups is 1. The van der Waals surface area contributed by atoms with Crippen LogP contribution in [-0.2, 0) is 4.79 Å². The van der Waals surface area contributed by atoms with Gasteiger partial charge in [-0.25, -0.2) is 8.78 Å². The fourth-order valence-electron chi connectivity index (χ4n) is 2.43. The Kier molecular flexibility index (Phi) is 4.67. The molecule has 1 aromatic rings. The molecule has 2 rings (SSSR count). The van der Waals surface area contributed by atoms with Gasteiger partial charge in [-0.15, -0.1) is 0 Å². The maximum atomic E-state index is 13.0. The first-order chi connectivity index (χ1) is 9.42. The summed E-state index contributed by atoms with van der Waals surface area (Å²) in [6.45, 7) is 0.868. The molecule has 20 heavy (non-hydrogen) atoms. The Labute approximate surface area is 116 Å². The van der Waals surface area contributed by atoms with Crippen LogP contribution in [0.15, 0.2) is 18.2 Å². The van der Waals surface area contributed by atoms with Gasteiger partial charge in [0.15, 0.2) is 0 Å². The number of nitrogens with one attached hydrogen (secondary N) is 1. The normalized spacial score (nSPS) is 21.6. The molecule has 1 aliphatic carbocycles. The van der Waals surface area contributed by atoms with Gasteiger partial charge in [0, 0.05) is 18.3 Å². The lowest BCUT2D eigenvalue weighted by molar-refractivity contribution is -0.117. The van der Waals surface area contributed by atoms with Gasteiger partial charge in [0.25, 0.3) is 0 Å². The van der Waals surface area contributed by atoms with Crippen LogP contribution >= 0.6 is 0 Å². The van der Waals surface area contributed by atoms with Crippen LogP contribution in [0.1, 0.15) is 12.8 Å². The van der Waals surface area contributed by atoms with Crippen molar-refractivity contribution < 1.29 is 18.7 Å². The lowest BCUT2D eigenvalue weighted by Gasteiger charge is -2.34. The Hall–Kier alpha value is -1.53. The molecule has 0 spiro atoms. The molecule has 0 radical (unpaired) electrons. The average Bonchev–Trinajstić information content (AvgIpc) is 2.24. The standard InChI is InChI=1S/C14H18F2N2O2/c1-18(7-9-2-13(19)3-9)8-14(20)17-12-5-10(15)4-11(16)6-12/h4-6,9,13,19H,2-3,7-8H2,1H3,(H,17,20). The average molecular weight is 284 g/mol. The molecule has 0 aromatic heterocycles. The number of amides is 1. The largest absolute Gasteiger partial charge is 0.393 e. The van der Waals surface area contributed by atoms with Crippen LogP contribution in [0.2, 0.25) is 0 Å². The monoisotopic (exact) mass is 284 g/mol. The molecule has 0 heterocycles. The maximum Gasteiger partial charge on any atom is 0.238 e. The summed E-state index contributed by atoms with van der Waals surface area (Å²) in [6.07, 6.45) is 1.32. The van der Waals surface area contributed by atoms with Crippen molar-refractivity contribution >= 4 is 11.6 Å². The van der Waals surface area contributed by atoms with Crippen LogP contribution in [-0.4, -0.2) is 42.2 Å². The number of nitrogens with zero attached hydrogens (tertiary/aromatic N) is 1. The minimum Gasteiger partial charge on any atom is -0.393 e. The zero-order valence-corrected chi connectivity index (χ0v) is 11.3. The molecule has 1 aliphatic rings. The highest BCUT2D eigenvalue weighted by Gasteiger charge is 2.28. The summed E-state index contributed by atoms with van der Waals surface area (Å²) < 4.78 is 26.0. The van der Waals surface area contributed by atoms with Crippen molar-refractivity contribution in [3.63, 3.8) is 0 Å². The number of benzene rings is 1. The molecule has 1 amide bonds. The molecule has 110 valence electrons. The van der Waals surface area contributed by atoms with E-state index in [4.69, 9.17) is 0 Å². The Morgan fingerprint density at radius 3 is 2.50 bits per heavy atom. The number of aliphatic hydroxyl groups excluding tert-OH is 1. The smallest absolute Gasteiger partial charge is 0.238 e. The quantitative estimate of drug-likeness (QED) is 0.863. The first kappa shape index (κ1) is 14.9. The fourth-order valence-corrected chi connectivity index (χ4v) is 2.43. The van der Waals surface area contributed by atoms with Crippen LogP contribution < -0.4 is 5.32 Å². The van der Waals surface area contributed by atoms with Crippen molar-refractivity contribution in [3.8, 4) is 0 Å². The zero-order valence-electron chi connectivity index (χ0n) is 11.3. The van der Waals surface area contributed by atoms with Gasteiger partial charge in [-0.05, 0) is 37.9 Å². The predicted molar refractivity (Wildman–Crippen MR) is 71.2 cm³/mol. The molecular formula is C14H18F2N2O2. The van der Waals surface area contributed by atoms with E-state index in [2.05, 4.69) is 5.32 Å². The Balaban J connectivity index is 1.79. The van der Waals surface area contributed by atoms with E-state index < -0.39 is 11.6 Å². The van der Waals surface area contributed by atoms with E-state index in [1.807, 2.05) is 4.90 Å². The molecule has 0 atom stereocenters. The third kappa shape index (κ3) is 4.25. The topological polar surface area (TPSA) is 52.6 Å². The summed E-state index contributed by atoms with van der Waals surface area (Å²) in [5, 5.41) is 11.7. The van der Waals surface area contributed by atoms with E-state index in [9.17, 15) is 18.7 Å². The molecule has 0 saturated heterocycles. The van der Waals surface area contributed by atoms with Crippen molar-refractivity contribution in [1.82, 2.24) is 4.90 Å². The number of hydrogen-bond donors (Lipinski definition) is 2. The van der Waals surface area contributed by atoms with Crippen LogP contribution in [0.5, 0.6) is 0 Å². The molecule has 1 fully saturated rings. The summed E-state index contributed by atoms with van der Waals surface area (Å²) in [5.41, 5.74) is 0.111. The van der Waals surface area contributed by atoms with Gasteiger partial charge in [0.2, 0.25) is 5.91 Å². The van der Waals surface area contributed by atoms with Crippen molar-refractivity contribution in [1.29, 1.82) is 0 Å². The first-order valence-corrected chi connectivity index (χ1v) is 6.55. The minimum absolute atomic E-state index is 0.111. The van der Waals surface area contributed by atoms with E-state index in [-0.39, 0.29) is 24.2 Å². The van der Waals surface area contributed by atoms with Crippen LogP contribution in [0.3, 0.4) is 0 Å². The highest BCUT2D eigenvalue weighted by molar-refractivity contribution is 5.92. The Morgan fingerprint density at radius 1 is 1.35 bits per heavy atom. The molecule has 6 heteroatoms. The second-order valence-electron chi connectivity index (χ2n) is 5.39. The van der Waals surface area contributed by atoms with E-state index >= 15 is 0 Å². The second-order valence-corrected chi connectivity index (χ2v) is 5.39. The van der Waals surface area contributed by atoms with Gasteiger partial charge in [0.05, 0.1) is 12.6 Å². The van der Waals surface area contributed by atoms with Crippen molar-refractivity contribution in [2.24, 2.45) is 5.92 Å². The van der Waals surface area contributed by atoms with Crippen molar-refractivity contribution in [2.75, 3.05) is 25.5 Å². The van der Waals surface area contributed by atoms with Gasteiger partial charge in [-0.3, -0.25) is 9.69 Å². The van der Waals surface area contributed by atoms with Crippen LogP contribution in [0.25, 0.3) is 0 Å². The predicted octanol–water partition coefficient (Wildman–Crippen LogP) is 1.61. The number of anilines is 1. The molecule has 4 nitrogen and oxygen atoms in total. The van der Waals surface area contributed by atoms with E-state index in [0.717, 1.165) is 37.6 Å². The van der Waals surface area contributed by atoms with Gasteiger partial charge in [0.1, 0.15) is 11.6 Å². The molecular weight excluding hydrogens is 266 g/mol. The summed E-state index contributed by atoms with van der Waals surface area (Å²) in [7, 11) is 1.80. The highest BCUT2D eigenvalue weighted by atomic mass is 19.1. The summed E-state index contributed by atoms with van der Waals surface area (Å²) in [4.78, 5) is 13.6. The molecule has 0 bridgehead atoms. The Bertz CT molecular complexity index is 470. The third-order valence-corrected chi connectivity index (χ3v) is 3.34.